The van der Waals surface area contributed by atoms with Crippen LogP contribution >= 0.6 is 0 Å². The van der Waals surface area contributed by atoms with Crippen LogP contribution in [0, 0.1) is 6.92 Å². The Labute approximate surface area is 291 Å². The van der Waals surface area contributed by atoms with E-state index in [4.69, 9.17) is 0 Å². The zero-order valence-electron chi connectivity index (χ0n) is 28.0. The predicted octanol–water partition coefficient (Wildman–Crippen LogP) is 12.5. The van der Waals surface area contributed by atoms with Gasteiger partial charge in [-0.25, -0.2) is 0 Å². The third kappa shape index (κ3) is 6.45. The van der Waals surface area contributed by atoms with Gasteiger partial charge in [-0.2, -0.15) is 0 Å². The Morgan fingerprint density at radius 2 is 1.14 bits per heavy atom. The van der Waals surface area contributed by atoms with E-state index in [1.165, 1.54) is 86.3 Å². The van der Waals surface area contributed by atoms with Gasteiger partial charge in [-0.05, 0) is 100 Å². The average molecular weight is 632 g/mol. The molecule has 1 aliphatic carbocycles. The fourth-order valence-electron chi connectivity index (χ4n) is 7.75. The van der Waals surface area contributed by atoms with E-state index in [9.17, 15) is 0 Å². The summed E-state index contributed by atoms with van der Waals surface area (Å²) in [5.74, 6) is 0.578. The summed E-state index contributed by atoms with van der Waals surface area (Å²) in [6, 6.07) is 57.7. The van der Waals surface area contributed by atoms with E-state index >= 15 is 0 Å². The van der Waals surface area contributed by atoms with Gasteiger partial charge in [-0.1, -0.05) is 164 Å². The van der Waals surface area contributed by atoms with Gasteiger partial charge in [0.05, 0.1) is 0 Å². The molecule has 0 N–H and O–H groups in total. The molecule has 0 saturated heterocycles. The molecule has 1 aliphatic heterocycles. The summed E-state index contributed by atoms with van der Waals surface area (Å²) in [6.07, 6.45) is 12.8. The van der Waals surface area contributed by atoms with Crippen LogP contribution in [0.15, 0.2) is 170 Å². The molecule has 2 aliphatic rings. The van der Waals surface area contributed by atoms with Gasteiger partial charge < -0.3 is 4.90 Å². The molecule has 8 rings (SSSR count). The topological polar surface area (TPSA) is 3.24 Å². The maximum Gasteiger partial charge on any atom is 0.0450 e. The van der Waals surface area contributed by atoms with Crippen LogP contribution in [0.4, 0.5) is 11.4 Å². The smallest absolute Gasteiger partial charge is 0.0450 e. The van der Waals surface area contributed by atoms with Gasteiger partial charge in [0.15, 0.2) is 0 Å². The van der Waals surface area contributed by atoms with Gasteiger partial charge in [0.2, 0.25) is 0 Å². The number of benzene rings is 6. The first kappa shape index (κ1) is 30.7. The van der Waals surface area contributed by atoms with E-state index < -0.39 is 0 Å². The lowest BCUT2D eigenvalue weighted by atomic mass is 9.95. The summed E-state index contributed by atoms with van der Waals surface area (Å²) in [7, 11) is 0. The lowest BCUT2D eigenvalue weighted by Gasteiger charge is -2.27. The summed E-state index contributed by atoms with van der Waals surface area (Å²) in [4.78, 5) is 2.62. The van der Waals surface area contributed by atoms with Crippen molar-refractivity contribution in [3.05, 3.63) is 214 Å². The SMILES string of the molecule is Cc1ccc(/C(=C/c2ccc(N3c4ccc(/C=C/C=C(c5ccccc5)c5ccccc5)cc4C4CCCC43)cc2)c2ccccc2)cc1. The minimum Gasteiger partial charge on any atom is -0.338 e. The molecule has 1 heteroatoms. The molecule has 238 valence electrons. The maximum atomic E-state index is 2.62. The Kier molecular flexibility index (Phi) is 8.65. The summed E-state index contributed by atoms with van der Waals surface area (Å²) < 4.78 is 0. The molecular weight excluding hydrogens is 591 g/mol. The normalized spacial score (nSPS) is 16.8. The van der Waals surface area contributed by atoms with Crippen molar-refractivity contribution in [2.75, 3.05) is 4.90 Å². The average Bonchev–Trinajstić information content (AvgIpc) is 3.76. The van der Waals surface area contributed by atoms with Crippen molar-refractivity contribution in [1.82, 2.24) is 0 Å². The number of fused-ring (bicyclic) bond motifs is 3. The molecule has 6 aromatic carbocycles. The predicted molar refractivity (Wildman–Crippen MR) is 209 cm³/mol. The first-order valence-electron chi connectivity index (χ1n) is 17.6. The Bertz CT molecular complexity index is 2080. The molecule has 1 nitrogen and oxygen atoms in total. The quantitative estimate of drug-likeness (QED) is 0.119. The lowest BCUT2D eigenvalue weighted by Crippen LogP contribution is -2.26. The zero-order valence-corrected chi connectivity index (χ0v) is 28.0. The van der Waals surface area contributed by atoms with Gasteiger partial charge in [0.25, 0.3) is 0 Å². The number of hydrogen-bond donors (Lipinski definition) is 0. The van der Waals surface area contributed by atoms with E-state index in [1.54, 1.807) is 0 Å². The fourth-order valence-corrected chi connectivity index (χ4v) is 7.75. The molecule has 2 atom stereocenters. The second-order valence-corrected chi connectivity index (χ2v) is 13.3. The Morgan fingerprint density at radius 3 is 1.78 bits per heavy atom. The van der Waals surface area contributed by atoms with Crippen LogP contribution in [0.5, 0.6) is 0 Å². The zero-order chi connectivity index (χ0) is 33.0. The Hall–Kier alpha value is -5.66. The van der Waals surface area contributed by atoms with Crippen LogP contribution < -0.4 is 4.90 Å². The number of anilines is 2. The molecule has 0 spiro atoms. The van der Waals surface area contributed by atoms with E-state index in [0.29, 0.717) is 12.0 Å². The van der Waals surface area contributed by atoms with Crippen molar-refractivity contribution in [2.24, 2.45) is 0 Å². The minimum absolute atomic E-state index is 0.519. The molecule has 0 bridgehead atoms. The van der Waals surface area contributed by atoms with Crippen molar-refractivity contribution in [1.29, 1.82) is 0 Å². The van der Waals surface area contributed by atoms with Crippen molar-refractivity contribution in [3.8, 4) is 0 Å². The Balaban J connectivity index is 1.08. The van der Waals surface area contributed by atoms with Gasteiger partial charge >= 0.3 is 0 Å². The standard InChI is InChI=1S/C48H41N/c1-35-23-28-41(29-24-35)45(40-18-9-4-10-19-40)33-37-25-30-42(31-26-37)49-47-22-12-21-44(47)46-34-36(27-32-48(46)49)13-11-20-43(38-14-5-2-6-15-38)39-16-7-3-8-17-39/h2-11,13-20,23-34,44,47H,12,21-22H2,1H3/b13-11+,45-33+. The van der Waals surface area contributed by atoms with Crippen LogP contribution in [0.1, 0.15) is 69.7 Å². The first-order valence-corrected chi connectivity index (χ1v) is 17.6. The van der Waals surface area contributed by atoms with Crippen molar-refractivity contribution >= 4 is 34.7 Å². The van der Waals surface area contributed by atoms with Crippen molar-refractivity contribution in [3.63, 3.8) is 0 Å². The lowest BCUT2D eigenvalue weighted by molar-refractivity contribution is 0.642. The molecule has 2 unspecified atom stereocenters. The minimum atomic E-state index is 0.519. The van der Waals surface area contributed by atoms with Crippen molar-refractivity contribution in [2.45, 2.75) is 38.1 Å². The Morgan fingerprint density at radius 1 is 0.571 bits per heavy atom. The van der Waals surface area contributed by atoms with E-state index in [0.717, 1.165) is 0 Å². The van der Waals surface area contributed by atoms with Gasteiger partial charge in [0, 0.05) is 23.3 Å². The number of allylic oxidation sites excluding steroid dienone is 2. The second-order valence-electron chi connectivity index (χ2n) is 13.3. The molecular formula is C48H41N. The summed E-state index contributed by atoms with van der Waals surface area (Å²) >= 11 is 0. The van der Waals surface area contributed by atoms with Gasteiger partial charge in [-0.15, -0.1) is 0 Å². The highest BCUT2D eigenvalue weighted by molar-refractivity contribution is 5.92. The summed E-state index contributed by atoms with van der Waals surface area (Å²) in [5.41, 5.74) is 15.3. The summed E-state index contributed by atoms with van der Waals surface area (Å²) in [6.45, 7) is 2.14. The first-order chi connectivity index (χ1) is 24.2. The highest BCUT2D eigenvalue weighted by Gasteiger charge is 2.42. The molecule has 1 saturated carbocycles. The van der Waals surface area contributed by atoms with Crippen LogP contribution in [0.25, 0.3) is 23.3 Å². The van der Waals surface area contributed by atoms with Gasteiger partial charge in [0.1, 0.15) is 0 Å². The summed E-state index contributed by atoms with van der Waals surface area (Å²) in [5, 5.41) is 0. The second kappa shape index (κ2) is 13.8. The van der Waals surface area contributed by atoms with Crippen LogP contribution in [0.3, 0.4) is 0 Å². The van der Waals surface area contributed by atoms with E-state index in [1.807, 2.05) is 0 Å². The van der Waals surface area contributed by atoms with Crippen molar-refractivity contribution < 1.29 is 0 Å². The molecule has 0 aromatic heterocycles. The fraction of sp³-hybridized carbons (Fsp3) is 0.125. The highest BCUT2D eigenvalue weighted by atomic mass is 15.2. The highest BCUT2D eigenvalue weighted by Crippen LogP contribution is 2.52. The third-order valence-corrected chi connectivity index (χ3v) is 10.2. The van der Waals surface area contributed by atoms with E-state index in [2.05, 4.69) is 194 Å². The molecule has 0 amide bonds. The third-order valence-electron chi connectivity index (χ3n) is 10.2. The molecule has 6 aromatic rings. The maximum absolute atomic E-state index is 2.62. The monoisotopic (exact) mass is 631 g/mol. The molecule has 1 heterocycles. The number of rotatable bonds is 8. The van der Waals surface area contributed by atoms with Crippen LogP contribution in [0.2, 0.25) is 0 Å². The number of nitrogens with zero attached hydrogens (tertiary/aromatic N) is 1. The van der Waals surface area contributed by atoms with Crippen LogP contribution in [-0.2, 0) is 0 Å². The van der Waals surface area contributed by atoms with Gasteiger partial charge in [-0.3, -0.25) is 0 Å². The molecule has 49 heavy (non-hydrogen) atoms. The van der Waals surface area contributed by atoms with E-state index in [-0.39, 0.29) is 0 Å². The number of hydrogen-bond acceptors (Lipinski definition) is 1. The molecule has 1 fully saturated rings. The van der Waals surface area contributed by atoms with Crippen LogP contribution in [-0.4, -0.2) is 6.04 Å². The number of aryl methyl sites for hydroxylation is 1. The largest absolute Gasteiger partial charge is 0.338 e. The molecule has 0 radical (unpaired) electrons.